The van der Waals surface area contributed by atoms with Gasteiger partial charge in [-0.05, 0) is 31.5 Å². The van der Waals surface area contributed by atoms with Crippen LogP contribution in [0, 0.1) is 11.8 Å². The average Bonchev–Trinajstić information content (AvgIpc) is 2.98. The fourth-order valence-electron chi connectivity index (χ4n) is 4.70. The molecule has 1 aromatic rings. The zero-order chi connectivity index (χ0) is 21.5. The number of imide groups is 1. The van der Waals surface area contributed by atoms with Crippen molar-refractivity contribution in [2.24, 2.45) is 11.8 Å². The van der Waals surface area contributed by atoms with E-state index in [9.17, 15) is 9.59 Å². The van der Waals surface area contributed by atoms with Crippen LogP contribution in [0.2, 0.25) is 0 Å². The molecule has 6 nitrogen and oxygen atoms in total. The lowest BCUT2D eigenvalue weighted by atomic mass is 9.91. The van der Waals surface area contributed by atoms with Gasteiger partial charge >= 0.3 is 0 Å². The van der Waals surface area contributed by atoms with E-state index >= 15 is 0 Å². The van der Waals surface area contributed by atoms with Crippen LogP contribution in [0.1, 0.15) is 46.0 Å². The molecule has 0 aromatic heterocycles. The average molecular weight is 416 g/mol. The van der Waals surface area contributed by atoms with Crippen LogP contribution in [0.3, 0.4) is 0 Å². The SMILES string of the molecule is CCCCCC1C(=O)N(CCCN2CCN(c3ccccc3OC)CC2)C(=O)C1C. The number of benzene rings is 1. The summed E-state index contributed by atoms with van der Waals surface area (Å²) in [6.07, 6.45) is 5.00. The Bertz CT molecular complexity index is 715. The largest absolute Gasteiger partial charge is 0.495 e. The first-order chi connectivity index (χ1) is 14.6. The zero-order valence-corrected chi connectivity index (χ0v) is 18.8. The molecule has 1 aromatic carbocycles. The van der Waals surface area contributed by atoms with Gasteiger partial charge < -0.3 is 9.64 Å². The first kappa shape index (κ1) is 22.6. The number of amides is 2. The molecule has 0 spiro atoms. The molecule has 2 atom stereocenters. The van der Waals surface area contributed by atoms with Crippen LogP contribution in [0.5, 0.6) is 5.75 Å². The molecule has 0 bridgehead atoms. The van der Waals surface area contributed by atoms with Crippen LogP contribution in [0.25, 0.3) is 0 Å². The van der Waals surface area contributed by atoms with E-state index in [2.05, 4.69) is 22.8 Å². The first-order valence-electron chi connectivity index (χ1n) is 11.5. The van der Waals surface area contributed by atoms with E-state index in [0.29, 0.717) is 6.54 Å². The molecule has 2 fully saturated rings. The molecule has 0 saturated carbocycles. The number of hydrogen-bond donors (Lipinski definition) is 0. The predicted molar refractivity (Wildman–Crippen MR) is 120 cm³/mol. The highest BCUT2D eigenvalue weighted by Gasteiger charge is 2.43. The van der Waals surface area contributed by atoms with Crippen LogP contribution in [-0.2, 0) is 9.59 Å². The van der Waals surface area contributed by atoms with E-state index in [1.807, 2.05) is 25.1 Å². The maximum atomic E-state index is 12.7. The van der Waals surface area contributed by atoms with Crippen molar-refractivity contribution in [2.75, 3.05) is 51.3 Å². The molecule has 0 N–H and O–H groups in total. The summed E-state index contributed by atoms with van der Waals surface area (Å²) in [6, 6.07) is 8.15. The predicted octanol–water partition coefficient (Wildman–Crippen LogP) is 3.41. The number of unbranched alkanes of at least 4 members (excludes halogenated alkanes) is 2. The summed E-state index contributed by atoms with van der Waals surface area (Å²) in [5.74, 6) is 0.749. The third kappa shape index (κ3) is 5.15. The Balaban J connectivity index is 1.43. The molecular weight excluding hydrogens is 378 g/mol. The fraction of sp³-hybridized carbons (Fsp3) is 0.667. The summed E-state index contributed by atoms with van der Waals surface area (Å²) in [5.41, 5.74) is 1.15. The van der Waals surface area contributed by atoms with Crippen LogP contribution in [0.15, 0.2) is 24.3 Å². The minimum Gasteiger partial charge on any atom is -0.495 e. The Morgan fingerprint density at radius 3 is 2.40 bits per heavy atom. The zero-order valence-electron chi connectivity index (χ0n) is 18.8. The second kappa shape index (κ2) is 10.8. The van der Waals surface area contributed by atoms with Crippen molar-refractivity contribution in [1.82, 2.24) is 9.80 Å². The van der Waals surface area contributed by atoms with Gasteiger partial charge in [0.15, 0.2) is 0 Å². The Kier molecular flexibility index (Phi) is 8.14. The highest BCUT2D eigenvalue weighted by atomic mass is 16.5. The van der Waals surface area contributed by atoms with Crippen LogP contribution in [-0.4, -0.2) is 68.0 Å². The van der Waals surface area contributed by atoms with E-state index in [0.717, 1.165) is 76.3 Å². The second-order valence-corrected chi connectivity index (χ2v) is 8.57. The fourth-order valence-corrected chi connectivity index (χ4v) is 4.70. The molecule has 6 heteroatoms. The van der Waals surface area contributed by atoms with Crippen molar-refractivity contribution in [2.45, 2.75) is 46.0 Å². The Hall–Kier alpha value is -2.08. The number of methoxy groups -OCH3 is 1. The summed E-state index contributed by atoms with van der Waals surface area (Å²) in [7, 11) is 1.71. The highest BCUT2D eigenvalue weighted by molar-refractivity contribution is 6.04. The van der Waals surface area contributed by atoms with E-state index in [1.165, 1.54) is 4.90 Å². The lowest BCUT2D eigenvalue weighted by Gasteiger charge is -2.36. The van der Waals surface area contributed by atoms with Gasteiger partial charge in [-0.1, -0.05) is 45.2 Å². The van der Waals surface area contributed by atoms with Gasteiger partial charge in [-0.2, -0.15) is 0 Å². The molecule has 2 heterocycles. The maximum absolute atomic E-state index is 12.7. The van der Waals surface area contributed by atoms with E-state index in [1.54, 1.807) is 7.11 Å². The van der Waals surface area contributed by atoms with Crippen LogP contribution in [0.4, 0.5) is 5.69 Å². The molecule has 2 amide bonds. The summed E-state index contributed by atoms with van der Waals surface area (Å²) in [5, 5.41) is 0. The van der Waals surface area contributed by atoms with Crippen molar-refractivity contribution < 1.29 is 14.3 Å². The normalized spacial score (nSPS) is 22.8. The van der Waals surface area contributed by atoms with Crippen molar-refractivity contribution in [3.63, 3.8) is 0 Å². The van der Waals surface area contributed by atoms with Crippen molar-refractivity contribution >= 4 is 17.5 Å². The number of anilines is 1. The van der Waals surface area contributed by atoms with Gasteiger partial charge in [0, 0.05) is 44.6 Å². The highest BCUT2D eigenvalue weighted by Crippen LogP contribution is 2.31. The summed E-state index contributed by atoms with van der Waals surface area (Å²) < 4.78 is 5.49. The molecule has 2 aliphatic rings. The standard InChI is InChI=1S/C24H37N3O3/c1-4-5-6-10-20-19(2)23(28)27(24(20)29)14-9-13-25-15-17-26(18-16-25)21-11-7-8-12-22(21)30-3/h7-8,11-12,19-20H,4-6,9-10,13-18H2,1-3H3. The summed E-state index contributed by atoms with van der Waals surface area (Å²) in [4.78, 5) is 31.6. The number of piperazine rings is 1. The topological polar surface area (TPSA) is 53.1 Å². The number of ether oxygens (including phenoxy) is 1. The molecule has 2 unspecified atom stereocenters. The van der Waals surface area contributed by atoms with Crippen molar-refractivity contribution in [3.05, 3.63) is 24.3 Å². The molecular formula is C24H37N3O3. The minimum absolute atomic E-state index is 0.0301. The van der Waals surface area contributed by atoms with E-state index in [-0.39, 0.29) is 23.7 Å². The monoisotopic (exact) mass is 415 g/mol. The Labute approximate surface area is 181 Å². The number of para-hydroxylation sites is 2. The van der Waals surface area contributed by atoms with Gasteiger partial charge in [0.2, 0.25) is 11.8 Å². The third-order valence-corrected chi connectivity index (χ3v) is 6.62. The molecule has 2 saturated heterocycles. The number of carbonyl (C=O) groups is 2. The van der Waals surface area contributed by atoms with E-state index in [4.69, 9.17) is 4.74 Å². The van der Waals surface area contributed by atoms with Crippen molar-refractivity contribution in [3.8, 4) is 5.75 Å². The minimum atomic E-state index is -0.154. The van der Waals surface area contributed by atoms with Crippen LogP contribution >= 0.6 is 0 Å². The van der Waals surface area contributed by atoms with E-state index < -0.39 is 0 Å². The third-order valence-electron chi connectivity index (χ3n) is 6.62. The van der Waals surface area contributed by atoms with Gasteiger partial charge in [0.25, 0.3) is 0 Å². The van der Waals surface area contributed by atoms with Gasteiger partial charge in [0.1, 0.15) is 5.75 Å². The molecule has 166 valence electrons. The lowest BCUT2D eigenvalue weighted by molar-refractivity contribution is -0.140. The number of likely N-dealkylation sites (tertiary alicyclic amines) is 1. The molecule has 3 rings (SSSR count). The number of hydrogen-bond acceptors (Lipinski definition) is 5. The quantitative estimate of drug-likeness (QED) is 0.433. The van der Waals surface area contributed by atoms with Gasteiger partial charge in [-0.15, -0.1) is 0 Å². The van der Waals surface area contributed by atoms with Gasteiger partial charge in [-0.3, -0.25) is 19.4 Å². The summed E-state index contributed by atoms with van der Waals surface area (Å²) >= 11 is 0. The molecule has 0 radical (unpaired) electrons. The Morgan fingerprint density at radius 2 is 1.70 bits per heavy atom. The molecule has 2 aliphatic heterocycles. The number of rotatable bonds is 10. The first-order valence-corrected chi connectivity index (χ1v) is 11.5. The lowest BCUT2D eigenvalue weighted by Crippen LogP contribution is -2.47. The van der Waals surface area contributed by atoms with Gasteiger partial charge in [0.05, 0.1) is 12.8 Å². The summed E-state index contributed by atoms with van der Waals surface area (Å²) in [6.45, 7) is 9.44. The second-order valence-electron chi connectivity index (χ2n) is 8.57. The number of nitrogens with zero attached hydrogens (tertiary/aromatic N) is 3. The molecule has 0 aliphatic carbocycles. The number of carbonyl (C=O) groups excluding carboxylic acids is 2. The maximum Gasteiger partial charge on any atom is 0.233 e. The van der Waals surface area contributed by atoms with Gasteiger partial charge in [-0.25, -0.2) is 0 Å². The molecule has 30 heavy (non-hydrogen) atoms. The van der Waals surface area contributed by atoms with Crippen LogP contribution < -0.4 is 9.64 Å². The van der Waals surface area contributed by atoms with Crippen molar-refractivity contribution in [1.29, 1.82) is 0 Å². The Morgan fingerprint density at radius 1 is 0.967 bits per heavy atom. The smallest absolute Gasteiger partial charge is 0.233 e.